The summed E-state index contributed by atoms with van der Waals surface area (Å²) in [6.45, 7) is 2.79. The average molecular weight is 393 g/mol. The van der Waals surface area contributed by atoms with Crippen LogP contribution in [-0.2, 0) is 13.1 Å². The topological polar surface area (TPSA) is 78.8 Å². The number of carbonyl (C=O) groups excluding carboxylic acids is 1. The number of hydrogen-bond donors (Lipinski definition) is 2. The zero-order valence-corrected chi connectivity index (χ0v) is 16.7. The summed E-state index contributed by atoms with van der Waals surface area (Å²) < 4.78 is 1.84. The maximum absolute atomic E-state index is 12.4. The number of carbonyl (C=O) groups is 1. The van der Waals surface area contributed by atoms with Crippen molar-refractivity contribution in [1.29, 1.82) is 0 Å². The van der Waals surface area contributed by atoms with Crippen molar-refractivity contribution in [3.8, 4) is 0 Å². The van der Waals surface area contributed by atoms with E-state index in [1.54, 1.807) is 6.20 Å². The first-order chi connectivity index (χ1) is 14.3. The molecule has 2 aromatic heterocycles. The van der Waals surface area contributed by atoms with Crippen LogP contribution in [0.15, 0.2) is 36.7 Å². The van der Waals surface area contributed by atoms with Gasteiger partial charge in [0.2, 0.25) is 0 Å². The lowest BCUT2D eigenvalue weighted by Crippen LogP contribution is -2.33. The van der Waals surface area contributed by atoms with Crippen LogP contribution in [0.2, 0.25) is 0 Å². The fraction of sp³-hybridized carbons (Fsp3) is 0.500. The van der Waals surface area contributed by atoms with Crippen LogP contribution < -0.4 is 5.32 Å². The number of benzene rings is 1. The molecule has 152 valence electrons. The Kier molecular flexibility index (Phi) is 5.06. The summed E-state index contributed by atoms with van der Waals surface area (Å²) >= 11 is 0. The van der Waals surface area contributed by atoms with Gasteiger partial charge < -0.3 is 10.3 Å². The molecule has 1 aliphatic carbocycles. The van der Waals surface area contributed by atoms with Gasteiger partial charge >= 0.3 is 0 Å². The minimum absolute atomic E-state index is 0.0924. The first-order valence-corrected chi connectivity index (χ1v) is 10.8. The minimum Gasteiger partial charge on any atom is -0.361 e. The highest BCUT2D eigenvalue weighted by atomic mass is 16.2. The highest BCUT2D eigenvalue weighted by Gasteiger charge is 2.26. The summed E-state index contributed by atoms with van der Waals surface area (Å²) in [5.41, 5.74) is 2.95. The lowest BCUT2D eigenvalue weighted by molar-refractivity contribution is 0.0932. The molecule has 1 saturated carbocycles. The normalized spacial score (nSPS) is 20.6. The zero-order valence-electron chi connectivity index (χ0n) is 16.7. The molecule has 1 saturated heterocycles. The van der Waals surface area contributed by atoms with Crippen LogP contribution in [0.3, 0.4) is 0 Å². The summed E-state index contributed by atoms with van der Waals surface area (Å²) in [4.78, 5) is 18.3. The maximum atomic E-state index is 12.4. The summed E-state index contributed by atoms with van der Waals surface area (Å²) in [5, 5.41) is 12.7. The van der Waals surface area contributed by atoms with E-state index < -0.39 is 0 Å². The molecule has 2 fully saturated rings. The molecule has 29 heavy (non-hydrogen) atoms. The summed E-state index contributed by atoms with van der Waals surface area (Å²) in [6, 6.07) is 9.17. The van der Waals surface area contributed by atoms with E-state index in [0.717, 1.165) is 38.9 Å². The van der Waals surface area contributed by atoms with E-state index in [1.807, 2.05) is 4.68 Å². The monoisotopic (exact) mass is 392 g/mol. The van der Waals surface area contributed by atoms with Crippen molar-refractivity contribution in [2.24, 2.45) is 0 Å². The molecular formula is C22H28N6O. The molecule has 7 nitrogen and oxygen atoms in total. The minimum atomic E-state index is -0.0924. The Morgan fingerprint density at radius 3 is 2.93 bits per heavy atom. The number of likely N-dealkylation sites (tertiary alicyclic amines) is 1. The Bertz CT molecular complexity index is 986. The molecule has 2 N–H and O–H groups in total. The Balaban J connectivity index is 1.23. The molecule has 0 unspecified atom stereocenters. The molecule has 2 aliphatic rings. The molecule has 1 amide bonds. The lowest BCUT2D eigenvalue weighted by Gasteiger charge is -2.24. The molecule has 7 heteroatoms. The highest BCUT2D eigenvalue weighted by Crippen LogP contribution is 2.25. The zero-order chi connectivity index (χ0) is 19.6. The predicted octanol–water partition coefficient (Wildman–Crippen LogP) is 3.10. The second-order valence-electron chi connectivity index (χ2n) is 8.41. The third-order valence-corrected chi connectivity index (χ3v) is 6.41. The van der Waals surface area contributed by atoms with Crippen LogP contribution in [0, 0.1) is 0 Å². The van der Waals surface area contributed by atoms with Crippen LogP contribution in [-0.4, -0.2) is 49.4 Å². The van der Waals surface area contributed by atoms with Gasteiger partial charge in [0.15, 0.2) is 5.69 Å². The van der Waals surface area contributed by atoms with E-state index in [4.69, 9.17) is 0 Å². The van der Waals surface area contributed by atoms with Crippen molar-refractivity contribution in [2.45, 2.75) is 63.7 Å². The number of fused-ring (bicyclic) bond motifs is 1. The number of para-hydroxylation sites is 1. The Labute approximate surface area is 170 Å². The van der Waals surface area contributed by atoms with Crippen molar-refractivity contribution in [3.05, 3.63) is 47.9 Å². The van der Waals surface area contributed by atoms with Gasteiger partial charge in [-0.05, 0) is 43.9 Å². The van der Waals surface area contributed by atoms with Crippen molar-refractivity contribution < 1.29 is 4.79 Å². The van der Waals surface area contributed by atoms with Gasteiger partial charge in [0.1, 0.15) is 0 Å². The fourth-order valence-electron chi connectivity index (χ4n) is 4.83. The molecule has 3 aromatic rings. The number of nitrogens with zero attached hydrogens (tertiary/aromatic N) is 4. The standard InChI is InChI=1S/C22H28N6O/c29-22(24-17-6-1-2-7-17)21-15-28(26-25-21)14-18-8-5-11-27(18)13-16-12-23-20-10-4-3-9-19(16)20/h3-4,9-10,12,15,17-18,23H,1-2,5-8,11,13-14H2,(H,24,29)/t18-/m0/s1. The molecule has 0 bridgehead atoms. The van der Waals surface area contributed by atoms with Crippen LogP contribution in [0.1, 0.15) is 54.6 Å². The van der Waals surface area contributed by atoms with Gasteiger partial charge in [-0.3, -0.25) is 14.4 Å². The van der Waals surface area contributed by atoms with E-state index >= 15 is 0 Å². The number of aromatic amines is 1. The van der Waals surface area contributed by atoms with Gasteiger partial charge in [-0.1, -0.05) is 36.3 Å². The number of rotatable bonds is 6. The highest BCUT2D eigenvalue weighted by molar-refractivity contribution is 5.92. The van der Waals surface area contributed by atoms with E-state index in [1.165, 1.54) is 35.7 Å². The van der Waals surface area contributed by atoms with Crippen molar-refractivity contribution in [2.75, 3.05) is 6.54 Å². The second kappa shape index (κ2) is 7.99. The maximum Gasteiger partial charge on any atom is 0.273 e. The number of hydrogen-bond acceptors (Lipinski definition) is 4. The van der Waals surface area contributed by atoms with Gasteiger partial charge in [0.25, 0.3) is 5.91 Å². The first kappa shape index (κ1) is 18.4. The van der Waals surface area contributed by atoms with Crippen LogP contribution >= 0.6 is 0 Å². The van der Waals surface area contributed by atoms with Gasteiger partial charge in [0, 0.05) is 35.7 Å². The summed E-state index contributed by atoms with van der Waals surface area (Å²) in [5.74, 6) is -0.0924. The molecule has 1 atom stereocenters. The van der Waals surface area contributed by atoms with Gasteiger partial charge in [-0.2, -0.15) is 0 Å². The van der Waals surface area contributed by atoms with Crippen molar-refractivity contribution >= 4 is 16.8 Å². The average Bonchev–Trinajstić information content (AvgIpc) is 3.52. The Hall–Kier alpha value is -2.67. The smallest absolute Gasteiger partial charge is 0.273 e. The van der Waals surface area contributed by atoms with E-state index in [-0.39, 0.29) is 5.91 Å². The van der Waals surface area contributed by atoms with Gasteiger partial charge in [-0.25, -0.2) is 0 Å². The van der Waals surface area contributed by atoms with Crippen molar-refractivity contribution in [1.82, 2.24) is 30.2 Å². The molecule has 5 rings (SSSR count). The third-order valence-electron chi connectivity index (χ3n) is 6.41. The Morgan fingerprint density at radius 2 is 2.03 bits per heavy atom. The largest absolute Gasteiger partial charge is 0.361 e. The number of nitrogens with one attached hydrogen (secondary N) is 2. The predicted molar refractivity (Wildman–Crippen MR) is 111 cm³/mol. The van der Waals surface area contributed by atoms with Crippen LogP contribution in [0.25, 0.3) is 10.9 Å². The van der Waals surface area contributed by atoms with Gasteiger partial charge in [-0.15, -0.1) is 5.10 Å². The van der Waals surface area contributed by atoms with E-state index in [0.29, 0.717) is 17.8 Å². The van der Waals surface area contributed by atoms with Crippen LogP contribution in [0.5, 0.6) is 0 Å². The molecule has 3 heterocycles. The lowest BCUT2D eigenvalue weighted by atomic mass is 10.1. The number of amides is 1. The SMILES string of the molecule is O=C(NC1CCCC1)c1cn(C[C@@H]2CCCN2Cc2c[nH]c3ccccc23)nn1. The molecule has 1 aliphatic heterocycles. The van der Waals surface area contributed by atoms with Crippen molar-refractivity contribution in [3.63, 3.8) is 0 Å². The second-order valence-corrected chi connectivity index (χ2v) is 8.41. The quantitative estimate of drug-likeness (QED) is 0.676. The first-order valence-electron chi connectivity index (χ1n) is 10.8. The van der Waals surface area contributed by atoms with E-state index in [2.05, 4.69) is 56.0 Å². The third kappa shape index (κ3) is 3.92. The number of H-pyrrole nitrogens is 1. The van der Waals surface area contributed by atoms with Crippen LogP contribution in [0.4, 0.5) is 0 Å². The van der Waals surface area contributed by atoms with E-state index in [9.17, 15) is 4.79 Å². The molecular weight excluding hydrogens is 364 g/mol. The van der Waals surface area contributed by atoms with Gasteiger partial charge in [0.05, 0.1) is 12.7 Å². The summed E-state index contributed by atoms with van der Waals surface area (Å²) in [6.07, 6.45) is 10.8. The Morgan fingerprint density at radius 1 is 1.17 bits per heavy atom. The molecule has 0 radical (unpaired) electrons. The fourth-order valence-corrected chi connectivity index (χ4v) is 4.83. The molecule has 0 spiro atoms. The molecule has 1 aromatic carbocycles. The number of aromatic nitrogens is 4. The summed E-state index contributed by atoms with van der Waals surface area (Å²) in [7, 11) is 0.